The molecular weight excluding hydrogens is 210 g/mol. The van der Waals surface area contributed by atoms with Crippen LogP contribution in [0.4, 0.5) is 0 Å². The minimum Gasteiger partial charge on any atom is -0.480 e. The van der Waals surface area contributed by atoms with E-state index in [1.165, 1.54) is 0 Å². The average molecular weight is 231 g/mol. The summed E-state index contributed by atoms with van der Waals surface area (Å²) in [5.41, 5.74) is -1.14. The largest absolute Gasteiger partial charge is 0.480 e. The van der Waals surface area contributed by atoms with Crippen LogP contribution in [0.15, 0.2) is 0 Å². The predicted octanol–water partition coefficient (Wildman–Crippen LogP) is 1.17. The molecule has 0 fully saturated rings. The summed E-state index contributed by atoms with van der Waals surface area (Å²) in [4.78, 5) is 22.6. The van der Waals surface area contributed by atoms with Crippen molar-refractivity contribution in [2.75, 3.05) is 13.2 Å². The first-order valence-electron chi connectivity index (χ1n) is 5.64. The summed E-state index contributed by atoms with van der Waals surface area (Å²) in [5.74, 6) is -1.26. The first kappa shape index (κ1) is 14.9. The third-order valence-corrected chi connectivity index (χ3v) is 2.67. The number of carboxylic acid groups (broad SMARTS) is 1. The van der Waals surface area contributed by atoms with Gasteiger partial charge in [-0.2, -0.15) is 0 Å². The van der Waals surface area contributed by atoms with Crippen molar-refractivity contribution in [3.8, 4) is 0 Å². The van der Waals surface area contributed by atoms with Crippen LogP contribution in [-0.4, -0.2) is 35.7 Å². The SMILES string of the molecule is CCOCCC(=O)NC(CC)(CC)C(=O)O. The second-order valence-electron chi connectivity index (χ2n) is 3.59. The first-order valence-corrected chi connectivity index (χ1v) is 5.64. The highest BCUT2D eigenvalue weighted by Crippen LogP contribution is 2.15. The van der Waals surface area contributed by atoms with Gasteiger partial charge in [0.15, 0.2) is 0 Å². The molecule has 0 saturated carbocycles. The number of nitrogens with one attached hydrogen (secondary N) is 1. The quantitative estimate of drug-likeness (QED) is 0.615. The van der Waals surface area contributed by atoms with Crippen LogP contribution in [0.5, 0.6) is 0 Å². The number of hydrogen-bond donors (Lipinski definition) is 2. The summed E-state index contributed by atoms with van der Waals surface area (Å²) in [5, 5.41) is 11.7. The van der Waals surface area contributed by atoms with Gasteiger partial charge < -0.3 is 15.2 Å². The zero-order valence-electron chi connectivity index (χ0n) is 10.2. The molecule has 0 aliphatic carbocycles. The lowest BCUT2D eigenvalue weighted by Crippen LogP contribution is -2.53. The van der Waals surface area contributed by atoms with Crippen LogP contribution in [0.1, 0.15) is 40.0 Å². The van der Waals surface area contributed by atoms with E-state index in [4.69, 9.17) is 9.84 Å². The minimum atomic E-state index is -1.14. The second kappa shape index (κ2) is 7.22. The van der Waals surface area contributed by atoms with Crippen LogP contribution in [0.3, 0.4) is 0 Å². The van der Waals surface area contributed by atoms with Crippen LogP contribution >= 0.6 is 0 Å². The van der Waals surface area contributed by atoms with Crippen LogP contribution in [0.2, 0.25) is 0 Å². The van der Waals surface area contributed by atoms with Crippen molar-refractivity contribution < 1.29 is 19.4 Å². The molecule has 0 aromatic rings. The van der Waals surface area contributed by atoms with Crippen molar-refractivity contribution in [1.29, 1.82) is 0 Å². The van der Waals surface area contributed by atoms with Gasteiger partial charge in [0.2, 0.25) is 5.91 Å². The fourth-order valence-corrected chi connectivity index (χ4v) is 1.42. The fourth-order valence-electron chi connectivity index (χ4n) is 1.42. The second-order valence-corrected chi connectivity index (χ2v) is 3.59. The Labute approximate surface area is 96.2 Å². The van der Waals surface area contributed by atoms with Gasteiger partial charge >= 0.3 is 5.97 Å². The molecule has 0 saturated heterocycles. The molecule has 0 atom stereocenters. The van der Waals surface area contributed by atoms with Crippen molar-refractivity contribution >= 4 is 11.9 Å². The zero-order chi connectivity index (χ0) is 12.6. The highest BCUT2D eigenvalue weighted by molar-refractivity contribution is 5.86. The number of aliphatic carboxylic acids is 1. The Morgan fingerprint density at radius 3 is 2.19 bits per heavy atom. The molecule has 5 nitrogen and oxygen atoms in total. The molecule has 0 aliphatic rings. The van der Waals surface area contributed by atoms with Gasteiger partial charge in [-0.3, -0.25) is 4.79 Å². The molecule has 94 valence electrons. The summed E-state index contributed by atoms with van der Waals surface area (Å²) in [6.45, 7) is 6.22. The maximum Gasteiger partial charge on any atom is 0.329 e. The van der Waals surface area contributed by atoms with Gasteiger partial charge in [-0.05, 0) is 19.8 Å². The maximum atomic E-state index is 11.5. The van der Waals surface area contributed by atoms with E-state index in [9.17, 15) is 9.59 Å². The van der Waals surface area contributed by atoms with E-state index in [0.717, 1.165) is 0 Å². The van der Waals surface area contributed by atoms with E-state index in [-0.39, 0.29) is 12.3 Å². The molecule has 16 heavy (non-hydrogen) atoms. The lowest BCUT2D eigenvalue weighted by atomic mass is 9.93. The highest BCUT2D eigenvalue weighted by atomic mass is 16.5. The number of rotatable bonds is 8. The highest BCUT2D eigenvalue weighted by Gasteiger charge is 2.35. The molecule has 1 amide bonds. The molecule has 0 heterocycles. The van der Waals surface area contributed by atoms with E-state index in [1.54, 1.807) is 13.8 Å². The van der Waals surface area contributed by atoms with Gasteiger partial charge in [0.1, 0.15) is 5.54 Å². The van der Waals surface area contributed by atoms with E-state index < -0.39 is 11.5 Å². The lowest BCUT2D eigenvalue weighted by molar-refractivity contribution is -0.148. The molecule has 0 unspecified atom stereocenters. The number of amides is 1. The Kier molecular flexibility index (Phi) is 6.72. The number of ether oxygens (including phenoxy) is 1. The van der Waals surface area contributed by atoms with E-state index in [2.05, 4.69) is 5.32 Å². The Hall–Kier alpha value is -1.10. The van der Waals surface area contributed by atoms with Gasteiger partial charge in [0.05, 0.1) is 6.61 Å². The molecule has 0 radical (unpaired) electrons. The number of hydrogen-bond acceptors (Lipinski definition) is 3. The number of carbonyl (C=O) groups is 2. The van der Waals surface area contributed by atoms with Crippen LogP contribution < -0.4 is 5.32 Å². The summed E-state index contributed by atoms with van der Waals surface area (Å²) < 4.78 is 5.04. The van der Waals surface area contributed by atoms with Crippen molar-refractivity contribution in [2.45, 2.75) is 45.6 Å². The third kappa shape index (κ3) is 4.18. The van der Waals surface area contributed by atoms with Crippen molar-refractivity contribution in [3.63, 3.8) is 0 Å². The van der Waals surface area contributed by atoms with E-state index in [1.807, 2.05) is 6.92 Å². The average Bonchev–Trinajstić information content (AvgIpc) is 2.26. The Morgan fingerprint density at radius 2 is 1.81 bits per heavy atom. The van der Waals surface area contributed by atoms with Gasteiger partial charge in [0.25, 0.3) is 0 Å². The summed E-state index contributed by atoms with van der Waals surface area (Å²) >= 11 is 0. The van der Waals surface area contributed by atoms with Crippen molar-refractivity contribution in [1.82, 2.24) is 5.32 Å². The van der Waals surface area contributed by atoms with E-state index >= 15 is 0 Å². The molecule has 0 aliphatic heterocycles. The fraction of sp³-hybridized carbons (Fsp3) is 0.818. The smallest absolute Gasteiger partial charge is 0.329 e. The van der Waals surface area contributed by atoms with Gasteiger partial charge in [0, 0.05) is 13.0 Å². The molecular formula is C11H21NO4. The van der Waals surface area contributed by atoms with Gasteiger partial charge in [-0.1, -0.05) is 13.8 Å². The van der Waals surface area contributed by atoms with Crippen LogP contribution in [0.25, 0.3) is 0 Å². The van der Waals surface area contributed by atoms with E-state index in [0.29, 0.717) is 26.1 Å². The molecule has 0 spiro atoms. The predicted molar refractivity (Wildman–Crippen MR) is 60.2 cm³/mol. The summed E-state index contributed by atoms with van der Waals surface area (Å²) in [6, 6.07) is 0. The maximum absolute atomic E-state index is 11.5. The first-order chi connectivity index (χ1) is 7.52. The molecule has 5 heteroatoms. The standard InChI is InChI=1S/C11H21NO4/c1-4-11(5-2,10(14)15)12-9(13)7-8-16-6-3/h4-8H2,1-3H3,(H,12,13)(H,14,15). The van der Waals surface area contributed by atoms with Crippen molar-refractivity contribution in [2.24, 2.45) is 0 Å². The molecule has 0 aromatic carbocycles. The molecule has 0 bridgehead atoms. The Morgan fingerprint density at radius 1 is 1.25 bits per heavy atom. The topological polar surface area (TPSA) is 75.6 Å². The molecule has 0 rings (SSSR count). The molecule has 2 N–H and O–H groups in total. The van der Waals surface area contributed by atoms with Crippen molar-refractivity contribution in [3.05, 3.63) is 0 Å². The number of carbonyl (C=O) groups excluding carboxylic acids is 1. The summed E-state index contributed by atoms with van der Waals surface area (Å²) in [6.07, 6.45) is 0.946. The van der Waals surface area contributed by atoms with Gasteiger partial charge in [-0.15, -0.1) is 0 Å². The molecule has 0 aromatic heterocycles. The lowest BCUT2D eigenvalue weighted by Gasteiger charge is -2.28. The Bertz CT molecular complexity index is 236. The minimum absolute atomic E-state index is 0.197. The van der Waals surface area contributed by atoms with Crippen LogP contribution in [-0.2, 0) is 14.3 Å². The normalized spacial score (nSPS) is 11.2. The zero-order valence-corrected chi connectivity index (χ0v) is 10.2. The third-order valence-electron chi connectivity index (χ3n) is 2.67. The Balaban J connectivity index is 4.29. The van der Waals surface area contributed by atoms with Gasteiger partial charge in [-0.25, -0.2) is 4.79 Å². The summed E-state index contributed by atoms with van der Waals surface area (Å²) in [7, 11) is 0. The number of carboxylic acids is 1. The van der Waals surface area contributed by atoms with Crippen LogP contribution in [0, 0.1) is 0 Å². The monoisotopic (exact) mass is 231 g/mol.